The molecule has 0 saturated carbocycles. The van der Waals surface area contributed by atoms with Gasteiger partial charge in [-0.3, -0.25) is 0 Å². The highest BCUT2D eigenvalue weighted by Gasteiger charge is 2.24. The van der Waals surface area contributed by atoms with Gasteiger partial charge >= 0.3 is 0 Å². The van der Waals surface area contributed by atoms with Gasteiger partial charge in [0.25, 0.3) is 0 Å². The van der Waals surface area contributed by atoms with Crippen molar-refractivity contribution in [2.24, 2.45) is 0 Å². The zero-order chi connectivity index (χ0) is 13.9. The maximum absolute atomic E-state index is 6.09. The highest BCUT2D eigenvalue weighted by atomic mass is 35.5. The van der Waals surface area contributed by atoms with Crippen molar-refractivity contribution in [2.45, 2.75) is 19.4 Å². The van der Waals surface area contributed by atoms with E-state index in [9.17, 15) is 0 Å². The van der Waals surface area contributed by atoms with Gasteiger partial charge in [0.1, 0.15) is 12.4 Å². The average Bonchev–Trinajstić information content (AvgIpc) is 2.77. The van der Waals surface area contributed by atoms with Crippen LogP contribution < -0.4 is 9.64 Å². The van der Waals surface area contributed by atoms with E-state index in [1.165, 1.54) is 11.3 Å². The van der Waals surface area contributed by atoms with Gasteiger partial charge in [-0.1, -0.05) is 41.9 Å². The minimum absolute atomic E-state index is 0.530. The maximum Gasteiger partial charge on any atom is 0.137 e. The number of fused-ring (bicyclic) bond motifs is 1. The van der Waals surface area contributed by atoms with Gasteiger partial charge in [0.2, 0.25) is 0 Å². The molecule has 0 aliphatic carbocycles. The van der Waals surface area contributed by atoms with Crippen LogP contribution in [0.25, 0.3) is 0 Å². The van der Waals surface area contributed by atoms with E-state index in [1.807, 2.05) is 24.3 Å². The van der Waals surface area contributed by atoms with Gasteiger partial charge in [-0.2, -0.15) is 0 Å². The van der Waals surface area contributed by atoms with Gasteiger partial charge in [0.05, 0.1) is 11.6 Å². The Morgan fingerprint density at radius 1 is 1.15 bits per heavy atom. The molecule has 0 radical (unpaired) electrons. The monoisotopic (exact) mass is 287 g/mol. The van der Waals surface area contributed by atoms with Crippen molar-refractivity contribution in [2.75, 3.05) is 18.1 Å². The minimum atomic E-state index is 0.530. The Hall–Kier alpha value is -1.67. The van der Waals surface area contributed by atoms with Gasteiger partial charge in [-0.25, -0.2) is 0 Å². The lowest BCUT2D eigenvalue weighted by Crippen LogP contribution is -2.33. The molecule has 0 bridgehead atoms. The summed E-state index contributed by atoms with van der Waals surface area (Å²) >= 11 is 6.09. The summed E-state index contributed by atoms with van der Waals surface area (Å²) in [7, 11) is 0. The third-order valence-corrected chi connectivity index (χ3v) is 4.09. The van der Waals surface area contributed by atoms with Crippen molar-refractivity contribution in [1.82, 2.24) is 0 Å². The molecule has 0 aromatic heterocycles. The molecule has 3 rings (SSSR count). The van der Waals surface area contributed by atoms with Crippen LogP contribution in [0.4, 0.5) is 5.69 Å². The predicted molar refractivity (Wildman–Crippen MR) is 83.9 cm³/mol. The number of hydrogen-bond donors (Lipinski definition) is 0. The molecule has 2 nitrogen and oxygen atoms in total. The average molecular weight is 288 g/mol. The quantitative estimate of drug-likeness (QED) is 0.837. The molecule has 1 atom stereocenters. The van der Waals surface area contributed by atoms with Crippen molar-refractivity contribution >= 4 is 17.3 Å². The number of anilines is 1. The van der Waals surface area contributed by atoms with Crippen molar-refractivity contribution in [3.8, 4) is 5.75 Å². The first-order valence-electron chi connectivity index (χ1n) is 6.97. The molecule has 1 aliphatic rings. The number of hydrogen-bond acceptors (Lipinski definition) is 2. The van der Waals surface area contributed by atoms with Crippen LogP contribution >= 0.6 is 11.6 Å². The van der Waals surface area contributed by atoms with Gasteiger partial charge in [-0.05, 0) is 37.1 Å². The Kier molecular flexibility index (Phi) is 3.83. The van der Waals surface area contributed by atoms with E-state index in [2.05, 4.69) is 36.1 Å². The zero-order valence-corrected chi connectivity index (χ0v) is 12.3. The lowest BCUT2D eigenvalue weighted by molar-refractivity contribution is 0.321. The Balaban J connectivity index is 1.63. The third kappa shape index (κ3) is 2.61. The molecular weight excluding hydrogens is 270 g/mol. The van der Waals surface area contributed by atoms with Crippen LogP contribution in [0.5, 0.6) is 5.75 Å². The summed E-state index contributed by atoms with van der Waals surface area (Å²) in [6, 6.07) is 16.7. The molecule has 2 aromatic carbocycles. The summed E-state index contributed by atoms with van der Waals surface area (Å²) in [4.78, 5) is 2.41. The molecule has 1 heterocycles. The minimum Gasteiger partial charge on any atom is -0.490 e. The second kappa shape index (κ2) is 5.76. The van der Waals surface area contributed by atoms with Crippen LogP contribution in [0.3, 0.4) is 0 Å². The summed E-state index contributed by atoms with van der Waals surface area (Å²) < 4.78 is 5.79. The van der Waals surface area contributed by atoms with Gasteiger partial charge in [0, 0.05) is 11.7 Å². The van der Waals surface area contributed by atoms with Crippen LogP contribution in [0.1, 0.15) is 12.5 Å². The fraction of sp³-hybridized carbons (Fsp3) is 0.294. The first kappa shape index (κ1) is 13.3. The molecule has 0 spiro atoms. The topological polar surface area (TPSA) is 12.5 Å². The van der Waals surface area contributed by atoms with E-state index >= 15 is 0 Å². The van der Waals surface area contributed by atoms with Gasteiger partial charge < -0.3 is 9.64 Å². The Morgan fingerprint density at radius 2 is 1.90 bits per heavy atom. The van der Waals surface area contributed by atoms with Gasteiger partial charge in [-0.15, -0.1) is 0 Å². The van der Waals surface area contributed by atoms with Crippen molar-refractivity contribution in [3.63, 3.8) is 0 Å². The molecule has 1 unspecified atom stereocenters. The second-order valence-electron chi connectivity index (χ2n) is 5.15. The normalized spacial score (nSPS) is 17.1. The summed E-state index contributed by atoms with van der Waals surface area (Å²) in [6.07, 6.45) is 1.11. The predicted octanol–water partition coefficient (Wildman–Crippen LogP) is 4.17. The Labute approximate surface area is 124 Å². The summed E-state index contributed by atoms with van der Waals surface area (Å²) in [5.41, 5.74) is 2.76. The van der Waals surface area contributed by atoms with Crippen LogP contribution in [0, 0.1) is 0 Å². The van der Waals surface area contributed by atoms with Gasteiger partial charge in [0.15, 0.2) is 0 Å². The number of ether oxygens (including phenoxy) is 1. The molecule has 3 heteroatoms. The molecule has 20 heavy (non-hydrogen) atoms. The molecule has 0 fully saturated rings. The number of halogens is 1. The molecule has 1 aliphatic heterocycles. The summed E-state index contributed by atoms with van der Waals surface area (Å²) in [6.45, 7) is 3.78. The van der Waals surface area contributed by atoms with E-state index in [4.69, 9.17) is 16.3 Å². The molecule has 0 saturated heterocycles. The first-order chi connectivity index (χ1) is 9.75. The molecule has 0 N–H and O–H groups in total. The number of nitrogens with zero attached hydrogens (tertiary/aromatic N) is 1. The summed E-state index contributed by atoms with van der Waals surface area (Å²) in [5.74, 6) is 0.759. The smallest absolute Gasteiger partial charge is 0.137 e. The van der Waals surface area contributed by atoms with E-state index in [1.54, 1.807) is 0 Å². The standard InChI is InChI=1S/C17H18ClNO/c1-13-12-14-6-2-4-8-16(14)19(13)10-11-20-17-9-5-3-7-15(17)18/h2-9,13H,10-12H2,1H3. The first-order valence-corrected chi connectivity index (χ1v) is 7.35. The fourth-order valence-corrected chi connectivity index (χ4v) is 2.98. The van der Waals surface area contributed by atoms with E-state index in [0.717, 1.165) is 18.7 Å². The van der Waals surface area contributed by atoms with Crippen LogP contribution in [0.2, 0.25) is 5.02 Å². The molecule has 2 aromatic rings. The SMILES string of the molecule is CC1Cc2ccccc2N1CCOc1ccccc1Cl. The number of benzene rings is 2. The molecule has 0 amide bonds. The van der Waals surface area contributed by atoms with Crippen molar-refractivity contribution in [3.05, 3.63) is 59.1 Å². The van der Waals surface area contributed by atoms with Crippen molar-refractivity contribution in [1.29, 1.82) is 0 Å². The third-order valence-electron chi connectivity index (χ3n) is 3.77. The lowest BCUT2D eigenvalue weighted by Gasteiger charge is -2.25. The largest absolute Gasteiger partial charge is 0.490 e. The van der Waals surface area contributed by atoms with Crippen molar-refractivity contribution < 1.29 is 4.74 Å². The molecule has 104 valence electrons. The fourth-order valence-electron chi connectivity index (χ4n) is 2.79. The van der Waals surface area contributed by atoms with E-state index < -0.39 is 0 Å². The lowest BCUT2D eigenvalue weighted by atomic mass is 10.1. The van der Waals surface area contributed by atoms with E-state index in [-0.39, 0.29) is 0 Å². The number of rotatable bonds is 4. The Morgan fingerprint density at radius 3 is 2.75 bits per heavy atom. The van der Waals surface area contributed by atoms with E-state index in [0.29, 0.717) is 17.7 Å². The molecular formula is C17H18ClNO. The zero-order valence-electron chi connectivity index (χ0n) is 11.6. The second-order valence-corrected chi connectivity index (χ2v) is 5.56. The highest BCUT2D eigenvalue weighted by molar-refractivity contribution is 6.32. The highest BCUT2D eigenvalue weighted by Crippen LogP contribution is 2.31. The van der Waals surface area contributed by atoms with Crippen LogP contribution in [-0.4, -0.2) is 19.2 Å². The number of para-hydroxylation sites is 2. The summed E-state index contributed by atoms with van der Waals surface area (Å²) in [5, 5.41) is 0.669. The maximum atomic E-state index is 6.09. The Bertz CT molecular complexity index is 599. The van der Waals surface area contributed by atoms with Crippen LogP contribution in [0.15, 0.2) is 48.5 Å². The van der Waals surface area contributed by atoms with Crippen LogP contribution in [-0.2, 0) is 6.42 Å².